The lowest BCUT2D eigenvalue weighted by atomic mass is 9.92. The molecule has 1 aliphatic rings. The Bertz CT molecular complexity index is 1960. The minimum Gasteiger partial charge on any atom is -0.338 e. The molecular weight excluding hydrogens is 722 g/mol. The van der Waals surface area contributed by atoms with Gasteiger partial charge in [0.1, 0.15) is 11.7 Å². The predicted octanol–water partition coefficient (Wildman–Crippen LogP) is 12.9. The van der Waals surface area contributed by atoms with Crippen LogP contribution in [-0.2, 0) is 18.8 Å². The Labute approximate surface area is 319 Å². The van der Waals surface area contributed by atoms with E-state index in [1.54, 1.807) is 17.9 Å². The zero-order chi connectivity index (χ0) is 39.7. The van der Waals surface area contributed by atoms with Crippen molar-refractivity contribution in [2.24, 2.45) is 9.98 Å². The fraction of sp³-hybridized carbons (Fsp3) is 0.395. The number of alkyl halides is 6. The summed E-state index contributed by atoms with van der Waals surface area (Å²) in [4.78, 5) is 14.1. The van der Waals surface area contributed by atoms with Gasteiger partial charge < -0.3 is 9.80 Å². The number of benzene rings is 4. The summed E-state index contributed by atoms with van der Waals surface area (Å²) in [5.41, 5.74) is 4.61. The quantitative estimate of drug-likeness (QED) is 0.106. The molecule has 54 heavy (non-hydrogen) atoms. The molecule has 4 nitrogen and oxygen atoms in total. The van der Waals surface area contributed by atoms with Crippen LogP contribution in [0.3, 0.4) is 0 Å². The third-order valence-electron chi connectivity index (χ3n) is 9.85. The van der Waals surface area contributed by atoms with Crippen molar-refractivity contribution in [3.8, 4) is 0 Å². The number of halogens is 7. The smallest absolute Gasteiger partial charge is 0.338 e. The van der Waals surface area contributed by atoms with Crippen LogP contribution < -0.4 is 0 Å². The maximum Gasteiger partial charge on any atom is 0.416 e. The van der Waals surface area contributed by atoms with Gasteiger partial charge in [-0.15, -0.1) is 0 Å². The average Bonchev–Trinajstić information content (AvgIpc) is 3.09. The number of amidine groups is 2. The van der Waals surface area contributed by atoms with Gasteiger partial charge in [0.15, 0.2) is 0 Å². The minimum atomic E-state index is -5.04. The second-order valence-corrected chi connectivity index (χ2v) is 15.1. The lowest BCUT2D eigenvalue weighted by Gasteiger charge is -2.40. The van der Waals surface area contributed by atoms with E-state index in [0.717, 1.165) is 51.2 Å². The van der Waals surface area contributed by atoms with E-state index in [4.69, 9.17) is 21.6 Å². The average molecular weight is 769 g/mol. The highest BCUT2D eigenvalue weighted by Crippen LogP contribution is 2.39. The Balaban J connectivity index is 1.77. The topological polar surface area (TPSA) is 31.2 Å². The third-order valence-corrected chi connectivity index (χ3v) is 10.1. The number of para-hydroxylation sites is 1. The molecule has 4 aromatic rings. The van der Waals surface area contributed by atoms with Gasteiger partial charge in [-0.2, -0.15) is 26.3 Å². The summed E-state index contributed by atoms with van der Waals surface area (Å²) in [6.07, 6.45) is -8.87. The summed E-state index contributed by atoms with van der Waals surface area (Å²) in [7, 11) is 0. The van der Waals surface area contributed by atoms with E-state index in [9.17, 15) is 26.3 Å². The van der Waals surface area contributed by atoms with Crippen LogP contribution in [0.4, 0.5) is 37.7 Å². The maximum absolute atomic E-state index is 14.2. The highest BCUT2D eigenvalue weighted by molar-refractivity contribution is 6.33. The fourth-order valence-corrected chi connectivity index (χ4v) is 7.34. The number of hydrogen-bond acceptors (Lipinski definition) is 2. The molecule has 0 spiro atoms. The molecule has 11 heteroatoms. The summed E-state index contributed by atoms with van der Waals surface area (Å²) in [6, 6.07) is 17.4. The summed E-state index contributed by atoms with van der Waals surface area (Å²) in [5, 5.41) is 0.255. The predicted molar refractivity (Wildman–Crippen MR) is 208 cm³/mol. The Hall–Kier alpha value is -4.31. The van der Waals surface area contributed by atoms with Crippen molar-refractivity contribution in [1.82, 2.24) is 9.80 Å². The molecule has 5 rings (SSSR count). The molecule has 0 unspecified atom stereocenters. The zero-order valence-electron chi connectivity index (χ0n) is 32.0. The van der Waals surface area contributed by atoms with E-state index in [0.29, 0.717) is 37.3 Å². The van der Waals surface area contributed by atoms with Crippen LogP contribution in [0.25, 0.3) is 0 Å². The molecular formula is C43H47ClF6N4. The third kappa shape index (κ3) is 8.96. The van der Waals surface area contributed by atoms with Crippen molar-refractivity contribution in [3.05, 3.63) is 127 Å². The van der Waals surface area contributed by atoms with Crippen molar-refractivity contribution >= 4 is 34.6 Å². The largest absolute Gasteiger partial charge is 0.416 e. The van der Waals surface area contributed by atoms with Gasteiger partial charge >= 0.3 is 12.4 Å². The molecule has 4 aromatic carbocycles. The lowest BCUT2D eigenvalue weighted by Crippen LogP contribution is -2.50. The van der Waals surface area contributed by atoms with Gasteiger partial charge in [-0.1, -0.05) is 88.7 Å². The molecule has 0 aromatic heterocycles. The van der Waals surface area contributed by atoms with Crippen molar-refractivity contribution in [1.29, 1.82) is 0 Å². The first-order valence-corrected chi connectivity index (χ1v) is 18.6. The Morgan fingerprint density at radius 1 is 0.685 bits per heavy atom. The van der Waals surface area contributed by atoms with Crippen LogP contribution in [0.15, 0.2) is 76.7 Å². The van der Waals surface area contributed by atoms with Crippen LogP contribution >= 0.6 is 11.6 Å². The molecule has 0 saturated carbocycles. The Morgan fingerprint density at radius 2 is 1.19 bits per heavy atom. The monoisotopic (exact) mass is 768 g/mol. The molecule has 0 bridgehead atoms. The van der Waals surface area contributed by atoms with E-state index in [1.807, 2.05) is 51.1 Å². The fourth-order valence-electron chi connectivity index (χ4n) is 7.01. The first-order valence-electron chi connectivity index (χ1n) is 18.3. The van der Waals surface area contributed by atoms with Crippen molar-refractivity contribution in [3.63, 3.8) is 0 Å². The normalized spacial score (nSPS) is 14.8. The molecule has 288 valence electrons. The van der Waals surface area contributed by atoms with E-state index in [2.05, 4.69) is 44.7 Å². The van der Waals surface area contributed by atoms with E-state index < -0.39 is 23.5 Å². The number of hydrogen-bond donors (Lipinski definition) is 0. The number of aliphatic imine (C=N–C) groups is 2. The van der Waals surface area contributed by atoms with Crippen LogP contribution in [0.2, 0.25) is 5.02 Å². The van der Waals surface area contributed by atoms with Gasteiger partial charge in [0.25, 0.3) is 0 Å². The summed E-state index contributed by atoms with van der Waals surface area (Å²) >= 11 is 6.74. The lowest BCUT2D eigenvalue weighted by molar-refractivity contribution is -0.143. The van der Waals surface area contributed by atoms with Crippen molar-refractivity contribution in [2.45, 2.75) is 92.4 Å². The number of aryl methyl sites for hydroxylation is 4. The van der Waals surface area contributed by atoms with Crippen molar-refractivity contribution in [2.75, 3.05) is 19.8 Å². The molecule has 1 saturated heterocycles. The Kier molecular flexibility index (Phi) is 12.3. The standard InChI is InChI=1S/C43H47ClF6N4/c1-9-30-19-29(8)38(36(44)20-30)51-40(31-21-32(42(45,46)47)23-33(22-31)43(48,49)50)53-17-12-18-54(24-53)41(37-27(6)13-10-14-28(37)7)52-39-34(25(2)3)15-11-16-35(39)26(4)5/h10-11,13-16,19-23,25-26H,9,12,17-18,24H2,1-8H3. The summed E-state index contributed by atoms with van der Waals surface area (Å²) in [6.45, 7) is 17.2. The molecule has 1 aliphatic heterocycles. The van der Waals surface area contributed by atoms with Gasteiger partial charge in [-0.3, -0.25) is 0 Å². The molecule has 0 radical (unpaired) electrons. The first-order chi connectivity index (χ1) is 25.3. The highest BCUT2D eigenvalue weighted by Gasteiger charge is 2.38. The number of rotatable bonds is 7. The van der Waals surface area contributed by atoms with Gasteiger partial charge in [0, 0.05) is 24.2 Å². The van der Waals surface area contributed by atoms with E-state index in [-0.39, 0.29) is 46.7 Å². The second kappa shape index (κ2) is 16.2. The van der Waals surface area contributed by atoms with Gasteiger partial charge in [0.2, 0.25) is 0 Å². The molecule has 0 aliphatic carbocycles. The van der Waals surface area contributed by atoms with Gasteiger partial charge in [-0.05, 0) is 103 Å². The first kappa shape index (κ1) is 40.9. The SMILES string of the molecule is CCc1cc(C)c(N=C(c2cc(C(F)(F)F)cc(C(F)(F)F)c2)N2CCCN(C(=Nc3c(C(C)C)cccc3C(C)C)c3c(C)cccc3C)C2)c(Cl)c1. The van der Waals surface area contributed by atoms with Crippen LogP contribution in [-0.4, -0.2) is 41.2 Å². The van der Waals surface area contributed by atoms with E-state index in [1.165, 1.54) is 0 Å². The van der Waals surface area contributed by atoms with Gasteiger partial charge in [0.05, 0.1) is 34.2 Å². The maximum atomic E-state index is 14.2. The van der Waals surface area contributed by atoms with E-state index >= 15 is 0 Å². The number of nitrogens with zero attached hydrogens (tertiary/aromatic N) is 4. The molecule has 0 amide bonds. The van der Waals surface area contributed by atoms with Crippen LogP contribution in [0, 0.1) is 20.8 Å². The second-order valence-electron chi connectivity index (χ2n) is 14.6. The van der Waals surface area contributed by atoms with Gasteiger partial charge in [-0.25, -0.2) is 9.98 Å². The highest BCUT2D eigenvalue weighted by atomic mass is 35.5. The summed E-state index contributed by atoms with van der Waals surface area (Å²) in [5.74, 6) is 0.950. The molecule has 1 fully saturated rings. The molecule has 1 heterocycles. The van der Waals surface area contributed by atoms with Crippen molar-refractivity contribution < 1.29 is 26.3 Å². The Morgan fingerprint density at radius 3 is 1.67 bits per heavy atom. The molecule has 0 atom stereocenters. The van der Waals surface area contributed by atoms with Crippen LogP contribution in [0.5, 0.6) is 0 Å². The zero-order valence-corrected chi connectivity index (χ0v) is 32.7. The minimum absolute atomic E-state index is 0.0446. The van der Waals surface area contributed by atoms with Crippen LogP contribution in [0.1, 0.15) is 109 Å². The summed E-state index contributed by atoms with van der Waals surface area (Å²) < 4.78 is 85.4. The molecule has 0 N–H and O–H groups in total.